The third kappa shape index (κ3) is 2.28. The van der Waals surface area contributed by atoms with Gasteiger partial charge in [0, 0.05) is 6.92 Å². The van der Waals surface area contributed by atoms with Gasteiger partial charge in [0.15, 0.2) is 11.0 Å². The quantitative estimate of drug-likeness (QED) is 0.862. The first kappa shape index (κ1) is 10.8. The van der Waals surface area contributed by atoms with E-state index in [4.69, 9.17) is 0 Å². The first-order chi connectivity index (χ1) is 7.66. The van der Waals surface area contributed by atoms with E-state index in [1.807, 2.05) is 36.4 Å². The smallest absolute Gasteiger partial charge is 0.228 e. The zero-order chi connectivity index (χ0) is 11.5. The lowest BCUT2D eigenvalue weighted by Crippen LogP contribution is -2.22. The fourth-order valence-electron chi connectivity index (χ4n) is 1.47. The number of hydrogen-bond donors (Lipinski definition) is 1. The number of amides is 1. The van der Waals surface area contributed by atoms with Crippen LogP contribution in [-0.4, -0.2) is 10.1 Å². The highest BCUT2D eigenvalue weighted by Crippen LogP contribution is 2.17. The number of rotatable bonds is 2. The molecule has 1 unspecified atom stereocenters. The zero-order valence-electron chi connectivity index (χ0n) is 8.77. The van der Waals surface area contributed by atoms with Crippen LogP contribution in [0.25, 0.3) is 10.8 Å². The van der Waals surface area contributed by atoms with Gasteiger partial charge in [-0.15, -0.1) is 0 Å². The predicted octanol–water partition coefficient (Wildman–Crippen LogP) is 2.00. The maximum atomic E-state index is 11.7. The Labute approximate surface area is 96.1 Å². The van der Waals surface area contributed by atoms with Crippen LogP contribution in [0.15, 0.2) is 47.4 Å². The van der Waals surface area contributed by atoms with E-state index in [0.717, 1.165) is 10.8 Å². The van der Waals surface area contributed by atoms with Crippen molar-refractivity contribution in [3.05, 3.63) is 42.5 Å². The molecule has 82 valence electrons. The molecule has 0 saturated carbocycles. The minimum absolute atomic E-state index is 0.300. The van der Waals surface area contributed by atoms with E-state index >= 15 is 0 Å². The molecular formula is C12H11NO2S. The lowest BCUT2D eigenvalue weighted by atomic mass is 10.1. The number of hydrogen-bond acceptors (Lipinski definition) is 2. The van der Waals surface area contributed by atoms with Crippen LogP contribution in [0.3, 0.4) is 0 Å². The summed E-state index contributed by atoms with van der Waals surface area (Å²) in [6.45, 7) is 1.35. The van der Waals surface area contributed by atoms with Gasteiger partial charge in [0.25, 0.3) is 0 Å². The van der Waals surface area contributed by atoms with Crippen molar-refractivity contribution in [2.45, 2.75) is 11.8 Å². The summed E-state index contributed by atoms with van der Waals surface area (Å²) in [6, 6.07) is 13.3. The molecular weight excluding hydrogens is 222 g/mol. The molecule has 0 aliphatic heterocycles. The van der Waals surface area contributed by atoms with E-state index in [-0.39, 0.29) is 5.91 Å². The minimum atomic E-state index is -1.47. The number of fused-ring (bicyclic) bond motifs is 1. The first-order valence-corrected chi connectivity index (χ1v) is 5.99. The van der Waals surface area contributed by atoms with Crippen molar-refractivity contribution in [2.75, 3.05) is 0 Å². The third-order valence-electron chi connectivity index (χ3n) is 2.17. The fourth-order valence-corrected chi connectivity index (χ4v) is 2.28. The van der Waals surface area contributed by atoms with Gasteiger partial charge >= 0.3 is 0 Å². The molecule has 0 heterocycles. The van der Waals surface area contributed by atoms with E-state index in [1.54, 1.807) is 6.07 Å². The molecule has 0 aliphatic rings. The summed E-state index contributed by atoms with van der Waals surface area (Å²) in [5.41, 5.74) is 0. The Morgan fingerprint density at radius 1 is 1.12 bits per heavy atom. The molecule has 2 aromatic carbocycles. The second-order valence-corrected chi connectivity index (χ2v) is 4.65. The molecule has 2 aromatic rings. The Balaban J connectivity index is 2.39. The monoisotopic (exact) mass is 233 g/mol. The fraction of sp³-hybridized carbons (Fsp3) is 0.0833. The molecule has 1 amide bonds. The normalized spacial score (nSPS) is 12.3. The highest BCUT2D eigenvalue weighted by Gasteiger charge is 2.05. The van der Waals surface area contributed by atoms with Crippen LogP contribution >= 0.6 is 0 Å². The topological polar surface area (TPSA) is 46.2 Å². The van der Waals surface area contributed by atoms with Crippen molar-refractivity contribution in [3.8, 4) is 0 Å². The molecule has 0 aliphatic carbocycles. The molecule has 0 radical (unpaired) electrons. The Hall–Kier alpha value is -1.68. The molecule has 0 aromatic heterocycles. The van der Waals surface area contributed by atoms with Crippen LogP contribution in [-0.2, 0) is 15.8 Å². The Bertz CT molecular complexity index is 566. The molecule has 0 spiro atoms. The van der Waals surface area contributed by atoms with Gasteiger partial charge in [0.1, 0.15) is 0 Å². The minimum Gasteiger partial charge on any atom is -0.274 e. The highest BCUT2D eigenvalue weighted by molar-refractivity contribution is 7.83. The van der Waals surface area contributed by atoms with Crippen molar-refractivity contribution in [2.24, 2.45) is 0 Å². The van der Waals surface area contributed by atoms with Gasteiger partial charge in [-0.3, -0.25) is 9.52 Å². The maximum absolute atomic E-state index is 11.7. The van der Waals surface area contributed by atoms with Crippen molar-refractivity contribution in [3.63, 3.8) is 0 Å². The van der Waals surface area contributed by atoms with E-state index in [9.17, 15) is 9.00 Å². The lowest BCUT2D eigenvalue weighted by Gasteiger charge is -2.03. The van der Waals surface area contributed by atoms with Crippen molar-refractivity contribution >= 4 is 27.7 Å². The molecule has 1 N–H and O–H groups in total. The van der Waals surface area contributed by atoms with Gasteiger partial charge in [0.05, 0.1) is 4.90 Å². The van der Waals surface area contributed by atoms with Gasteiger partial charge in [-0.05, 0) is 22.9 Å². The summed E-state index contributed by atoms with van der Waals surface area (Å²) in [7, 11) is -1.47. The molecule has 0 bridgehead atoms. The van der Waals surface area contributed by atoms with Crippen LogP contribution in [0.1, 0.15) is 6.92 Å². The molecule has 0 fully saturated rings. The van der Waals surface area contributed by atoms with Crippen LogP contribution in [0.2, 0.25) is 0 Å². The van der Waals surface area contributed by atoms with E-state index < -0.39 is 11.0 Å². The summed E-state index contributed by atoms with van der Waals surface area (Å²) >= 11 is 0. The zero-order valence-corrected chi connectivity index (χ0v) is 9.58. The van der Waals surface area contributed by atoms with Crippen LogP contribution in [0.4, 0.5) is 0 Å². The third-order valence-corrected chi connectivity index (χ3v) is 3.33. The predicted molar refractivity (Wildman–Crippen MR) is 64.2 cm³/mol. The summed E-state index contributed by atoms with van der Waals surface area (Å²) in [5.74, 6) is -0.300. The first-order valence-electron chi connectivity index (χ1n) is 4.84. The Morgan fingerprint density at radius 3 is 2.50 bits per heavy atom. The van der Waals surface area contributed by atoms with Gasteiger partial charge < -0.3 is 0 Å². The van der Waals surface area contributed by atoms with Crippen LogP contribution in [0.5, 0.6) is 0 Å². The van der Waals surface area contributed by atoms with Crippen molar-refractivity contribution in [1.82, 2.24) is 4.72 Å². The average Bonchev–Trinajstić information content (AvgIpc) is 2.27. The largest absolute Gasteiger partial charge is 0.274 e. The summed E-state index contributed by atoms with van der Waals surface area (Å²) in [5, 5.41) is 2.10. The van der Waals surface area contributed by atoms with Gasteiger partial charge in [-0.25, -0.2) is 4.21 Å². The number of carbonyl (C=O) groups is 1. The standard InChI is InChI=1S/C12H11NO2S/c1-9(14)13-16(15)12-7-6-10-4-2-3-5-11(10)8-12/h2-8H,1H3,(H,13,14). The van der Waals surface area contributed by atoms with E-state index in [2.05, 4.69) is 4.72 Å². The molecule has 16 heavy (non-hydrogen) atoms. The Morgan fingerprint density at radius 2 is 1.81 bits per heavy atom. The van der Waals surface area contributed by atoms with Crippen LogP contribution in [0, 0.1) is 0 Å². The summed E-state index contributed by atoms with van der Waals surface area (Å²) in [6.07, 6.45) is 0. The number of nitrogens with one attached hydrogen (secondary N) is 1. The molecule has 4 heteroatoms. The molecule has 3 nitrogen and oxygen atoms in total. The van der Waals surface area contributed by atoms with Gasteiger partial charge in [-0.2, -0.15) is 0 Å². The number of carbonyl (C=O) groups excluding carboxylic acids is 1. The Kier molecular flexibility index (Phi) is 3.01. The molecule has 1 atom stereocenters. The summed E-state index contributed by atoms with van der Waals surface area (Å²) in [4.78, 5) is 11.4. The van der Waals surface area contributed by atoms with Crippen molar-refractivity contribution < 1.29 is 9.00 Å². The van der Waals surface area contributed by atoms with Crippen LogP contribution < -0.4 is 4.72 Å². The van der Waals surface area contributed by atoms with Gasteiger partial charge in [0.2, 0.25) is 5.91 Å². The lowest BCUT2D eigenvalue weighted by molar-refractivity contribution is -0.117. The molecule has 2 rings (SSSR count). The SMILES string of the molecule is CC(=O)NS(=O)c1ccc2ccccc2c1. The van der Waals surface area contributed by atoms with E-state index in [0.29, 0.717) is 4.90 Å². The highest BCUT2D eigenvalue weighted by atomic mass is 32.2. The average molecular weight is 233 g/mol. The second kappa shape index (κ2) is 4.45. The maximum Gasteiger partial charge on any atom is 0.228 e. The molecule has 0 saturated heterocycles. The summed E-state index contributed by atoms with van der Waals surface area (Å²) < 4.78 is 14.0. The second-order valence-electron chi connectivity index (χ2n) is 3.44. The number of benzene rings is 2. The van der Waals surface area contributed by atoms with Gasteiger partial charge in [-0.1, -0.05) is 30.3 Å². The van der Waals surface area contributed by atoms with E-state index in [1.165, 1.54) is 6.92 Å². The van der Waals surface area contributed by atoms with Crippen molar-refractivity contribution in [1.29, 1.82) is 0 Å².